The Labute approximate surface area is 169 Å². The van der Waals surface area contributed by atoms with Crippen molar-refractivity contribution in [3.05, 3.63) is 53.3 Å². The van der Waals surface area contributed by atoms with Gasteiger partial charge in [0.1, 0.15) is 0 Å². The van der Waals surface area contributed by atoms with E-state index in [2.05, 4.69) is 10.4 Å². The standard InChI is InChI=1S/C18H23ClN4O4S/c19-16-4-2-15(3-5-16)17(23-8-1-7-21-23)14-20-18(24)6-13-28(25,26)22-9-11-27-12-10-22/h1-5,7-8,17H,6,9-14H2,(H,20,24). The Morgan fingerprint density at radius 1 is 1.25 bits per heavy atom. The molecule has 152 valence electrons. The first-order valence-electron chi connectivity index (χ1n) is 9.02. The maximum Gasteiger partial charge on any atom is 0.221 e. The summed E-state index contributed by atoms with van der Waals surface area (Å²) in [6.45, 7) is 1.74. The molecule has 0 saturated carbocycles. The lowest BCUT2D eigenvalue weighted by Gasteiger charge is -2.26. The predicted molar refractivity (Wildman–Crippen MR) is 106 cm³/mol. The molecule has 1 atom stereocenters. The topological polar surface area (TPSA) is 93.5 Å². The summed E-state index contributed by atoms with van der Waals surface area (Å²) in [6, 6.07) is 8.91. The molecule has 1 unspecified atom stereocenters. The SMILES string of the molecule is O=C(CCS(=O)(=O)N1CCOCC1)NCC(c1ccc(Cl)cc1)n1cccn1. The minimum Gasteiger partial charge on any atom is -0.379 e. The van der Waals surface area contributed by atoms with Crippen molar-refractivity contribution in [2.45, 2.75) is 12.5 Å². The molecule has 8 nitrogen and oxygen atoms in total. The number of nitrogens with zero attached hydrogens (tertiary/aromatic N) is 3. The van der Waals surface area contributed by atoms with Gasteiger partial charge in [-0.15, -0.1) is 0 Å². The zero-order valence-corrected chi connectivity index (χ0v) is 16.9. The molecule has 3 rings (SSSR count). The Hall–Kier alpha value is -1.94. The fourth-order valence-electron chi connectivity index (χ4n) is 2.99. The maximum absolute atomic E-state index is 12.3. The number of morpholine rings is 1. The van der Waals surface area contributed by atoms with Gasteiger partial charge in [-0.25, -0.2) is 8.42 Å². The lowest BCUT2D eigenvalue weighted by Crippen LogP contribution is -2.42. The number of nitrogens with one attached hydrogen (secondary N) is 1. The summed E-state index contributed by atoms with van der Waals surface area (Å²) < 4.78 is 33.0. The molecule has 1 aliphatic heterocycles. The van der Waals surface area contributed by atoms with E-state index in [1.807, 2.05) is 18.3 Å². The number of benzene rings is 1. The molecule has 2 aromatic rings. The highest BCUT2D eigenvalue weighted by atomic mass is 35.5. The summed E-state index contributed by atoms with van der Waals surface area (Å²) in [6.07, 6.45) is 3.39. The number of sulfonamides is 1. The van der Waals surface area contributed by atoms with E-state index >= 15 is 0 Å². The molecule has 1 aromatic heterocycles. The number of aromatic nitrogens is 2. The molecular formula is C18H23ClN4O4S. The Balaban J connectivity index is 1.57. The van der Waals surface area contributed by atoms with Crippen molar-refractivity contribution < 1.29 is 17.9 Å². The lowest BCUT2D eigenvalue weighted by molar-refractivity contribution is -0.120. The summed E-state index contributed by atoms with van der Waals surface area (Å²) in [5, 5.41) is 7.70. The van der Waals surface area contributed by atoms with Crippen molar-refractivity contribution in [2.75, 3.05) is 38.6 Å². The normalized spacial score (nSPS) is 16.6. The van der Waals surface area contributed by atoms with Gasteiger partial charge < -0.3 is 10.1 Å². The Kier molecular flexibility index (Phi) is 7.06. The minimum absolute atomic E-state index is 0.0911. The van der Waals surface area contributed by atoms with E-state index in [-0.39, 0.29) is 24.1 Å². The second-order valence-electron chi connectivity index (χ2n) is 6.43. The number of halogens is 1. The van der Waals surface area contributed by atoms with Crippen molar-refractivity contribution in [2.24, 2.45) is 0 Å². The van der Waals surface area contributed by atoms with Gasteiger partial charge in [-0.05, 0) is 23.8 Å². The van der Waals surface area contributed by atoms with Crippen LogP contribution in [0.15, 0.2) is 42.7 Å². The summed E-state index contributed by atoms with van der Waals surface area (Å²) in [4.78, 5) is 12.3. The van der Waals surface area contributed by atoms with Gasteiger partial charge in [-0.3, -0.25) is 9.48 Å². The number of carbonyl (C=O) groups excluding carboxylic acids is 1. The van der Waals surface area contributed by atoms with Gasteiger partial charge in [-0.2, -0.15) is 9.40 Å². The highest BCUT2D eigenvalue weighted by Crippen LogP contribution is 2.19. The molecule has 10 heteroatoms. The summed E-state index contributed by atoms with van der Waals surface area (Å²) >= 11 is 5.96. The fraction of sp³-hybridized carbons (Fsp3) is 0.444. The molecule has 1 aliphatic rings. The Morgan fingerprint density at radius 3 is 2.61 bits per heavy atom. The van der Waals surface area contributed by atoms with Gasteiger partial charge in [0.25, 0.3) is 0 Å². The zero-order valence-electron chi connectivity index (χ0n) is 15.3. The van der Waals surface area contributed by atoms with E-state index in [0.717, 1.165) is 5.56 Å². The molecule has 1 N–H and O–H groups in total. The van der Waals surface area contributed by atoms with Gasteiger partial charge in [0.2, 0.25) is 15.9 Å². The molecule has 1 aromatic carbocycles. The van der Waals surface area contributed by atoms with Crippen molar-refractivity contribution in [3.8, 4) is 0 Å². The van der Waals surface area contributed by atoms with Crippen molar-refractivity contribution in [1.82, 2.24) is 19.4 Å². The Bertz CT molecular complexity index is 866. The van der Waals surface area contributed by atoms with Crippen molar-refractivity contribution >= 4 is 27.5 Å². The lowest BCUT2D eigenvalue weighted by atomic mass is 10.1. The van der Waals surface area contributed by atoms with Crippen LogP contribution in [0.25, 0.3) is 0 Å². The molecule has 0 spiro atoms. The Morgan fingerprint density at radius 2 is 1.96 bits per heavy atom. The van der Waals surface area contributed by atoms with E-state index in [0.29, 0.717) is 37.9 Å². The van der Waals surface area contributed by atoms with E-state index in [4.69, 9.17) is 16.3 Å². The van der Waals surface area contributed by atoms with E-state index in [9.17, 15) is 13.2 Å². The molecule has 0 aliphatic carbocycles. The van der Waals surface area contributed by atoms with Gasteiger partial charge in [-0.1, -0.05) is 23.7 Å². The highest BCUT2D eigenvalue weighted by Gasteiger charge is 2.25. The molecule has 1 saturated heterocycles. The number of amides is 1. The second kappa shape index (κ2) is 9.51. The molecule has 0 bridgehead atoms. The largest absolute Gasteiger partial charge is 0.379 e. The van der Waals surface area contributed by atoms with Gasteiger partial charge in [0, 0.05) is 43.5 Å². The number of carbonyl (C=O) groups is 1. The number of hydrogen-bond donors (Lipinski definition) is 1. The molecule has 1 fully saturated rings. The van der Waals surface area contributed by atoms with Crippen LogP contribution in [0.3, 0.4) is 0 Å². The van der Waals surface area contributed by atoms with Crippen LogP contribution in [0.1, 0.15) is 18.0 Å². The van der Waals surface area contributed by atoms with Crippen LogP contribution < -0.4 is 5.32 Å². The summed E-state index contributed by atoms with van der Waals surface area (Å²) in [5.74, 6) is -0.533. The van der Waals surface area contributed by atoms with Crippen molar-refractivity contribution in [3.63, 3.8) is 0 Å². The maximum atomic E-state index is 12.3. The monoisotopic (exact) mass is 426 g/mol. The van der Waals surface area contributed by atoms with Gasteiger partial charge >= 0.3 is 0 Å². The van der Waals surface area contributed by atoms with Crippen molar-refractivity contribution in [1.29, 1.82) is 0 Å². The van der Waals surface area contributed by atoms with Crippen LogP contribution in [-0.2, 0) is 19.6 Å². The quantitative estimate of drug-likeness (QED) is 0.686. The van der Waals surface area contributed by atoms with E-state index in [1.165, 1.54) is 4.31 Å². The first-order valence-corrected chi connectivity index (χ1v) is 11.0. The van der Waals surface area contributed by atoms with Crippen LogP contribution >= 0.6 is 11.6 Å². The third kappa shape index (κ3) is 5.54. The molecule has 0 radical (unpaired) electrons. The third-order valence-electron chi connectivity index (χ3n) is 4.54. The van der Waals surface area contributed by atoms with E-state index in [1.54, 1.807) is 29.1 Å². The smallest absolute Gasteiger partial charge is 0.221 e. The molecule has 28 heavy (non-hydrogen) atoms. The summed E-state index contributed by atoms with van der Waals surface area (Å²) in [5.41, 5.74) is 0.939. The van der Waals surface area contributed by atoms with Crippen LogP contribution in [0.2, 0.25) is 5.02 Å². The minimum atomic E-state index is -3.46. The van der Waals surface area contributed by atoms with Gasteiger partial charge in [0.05, 0.1) is 25.0 Å². The van der Waals surface area contributed by atoms with Crippen LogP contribution in [0, 0.1) is 0 Å². The first-order chi connectivity index (χ1) is 13.5. The average Bonchev–Trinajstić information content (AvgIpc) is 3.23. The average molecular weight is 427 g/mol. The molecule has 1 amide bonds. The number of hydrogen-bond acceptors (Lipinski definition) is 5. The van der Waals surface area contributed by atoms with E-state index < -0.39 is 10.0 Å². The second-order valence-corrected chi connectivity index (χ2v) is 8.96. The number of rotatable bonds is 8. The first kappa shape index (κ1) is 20.8. The van der Waals surface area contributed by atoms with Gasteiger partial charge in [0.15, 0.2) is 0 Å². The van der Waals surface area contributed by atoms with Crippen LogP contribution in [0.4, 0.5) is 0 Å². The molecule has 2 heterocycles. The fourth-order valence-corrected chi connectivity index (χ4v) is 4.52. The number of ether oxygens (including phenoxy) is 1. The van der Waals surface area contributed by atoms with Crippen LogP contribution in [-0.4, -0.2) is 67.0 Å². The predicted octanol–water partition coefficient (Wildman–Crippen LogP) is 1.29. The zero-order chi connectivity index (χ0) is 20.0. The summed E-state index contributed by atoms with van der Waals surface area (Å²) in [7, 11) is -3.46. The third-order valence-corrected chi connectivity index (χ3v) is 6.67. The van der Waals surface area contributed by atoms with Crippen LogP contribution in [0.5, 0.6) is 0 Å². The highest BCUT2D eigenvalue weighted by molar-refractivity contribution is 7.89. The molecular weight excluding hydrogens is 404 g/mol.